The number of hydrogen-bond acceptors (Lipinski definition) is 3. The van der Waals surface area contributed by atoms with Crippen molar-refractivity contribution in [2.45, 2.75) is 13.3 Å². The van der Waals surface area contributed by atoms with Gasteiger partial charge in [-0.1, -0.05) is 11.8 Å². The zero-order valence-electron chi connectivity index (χ0n) is 9.70. The van der Waals surface area contributed by atoms with Crippen molar-refractivity contribution in [2.75, 3.05) is 6.54 Å². The minimum absolute atomic E-state index is 0.144. The standard InChI is InChI=1S/C12H11FN2O3/c1-9(16)14-7-3-2-4-10-5-6-11(13)12(8-10)15(17)18/h5-6,8H,3,7H2,1H3,(H,14,16). The Morgan fingerprint density at radius 2 is 2.28 bits per heavy atom. The predicted octanol–water partition coefficient (Wildman–Crippen LogP) is 1.61. The number of rotatable bonds is 3. The SMILES string of the molecule is CC(=O)NCCC#Cc1ccc(F)c([N+](=O)[O-])c1. The third kappa shape index (κ3) is 4.22. The molecule has 1 aromatic rings. The summed E-state index contributed by atoms with van der Waals surface area (Å²) in [5.41, 5.74) is -0.227. The highest BCUT2D eigenvalue weighted by Crippen LogP contribution is 2.17. The second-order valence-corrected chi connectivity index (χ2v) is 3.46. The van der Waals surface area contributed by atoms with Crippen LogP contribution in [0.25, 0.3) is 0 Å². The Morgan fingerprint density at radius 3 is 2.89 bits per heavy atom. The van der Waals surface area contributed by atoms with E-state index in [9.17, 15) is 19.3 Å². The zero-order valence-corrected chi connectivity index (χ0v) is 9.70. The van der Waals surface area contributed by atoms with Crippen LogP contribution in [0.3, 0.4) is 0 Å². The van der Waals surface area contributed by atoms with Crippen molar-refractivity contribution in [3.63, 3.8) is 0 Å². The summed E-state index contributed by atoms with van der Waals surface area (Å²) in [6.07, 6.45) is 0.421. The molecule has 1 N–H and O–H groups in total. The number of carbonyl (C=O) groups excluding carboxylic acids is 1. The van der Waals surface area contributed by atoms with Crippen LogP contribution in [0.15, 0.2) is 18.2 Å². The highest BCUT2D eigenvalue weighted by atomic mass is 19.1. The molecule has 0 saturated carbocycles. The fourth-order valence-electron chi connectivity index (χ4n) is 1.20. The van der Waals surface area contributed by atoms with Crippen molar-refractivity contribution in [2.24, 2.45) is 0 Å². The van der Waals surface area contributed by atoms with Gasteiger partial charge in [-0.25, -0.2) is 0 Å². The predicted molar refractivity (Wildman–Crippen MR) is 63.2 cm³/mol. The molecule has 18 heavy (non-hydrogen) atoms. The van der Waals surface area contributed by atoms with Gasteiger partial charge in [-0.05, 0) is 12.1 Å². The molecule has 0 atom stereocenters. The first-order valence-corrected chi connectivity index (χ1v) is 5.18. The Balaban J connectivity index is 2.68. The van der Waals surface area contributed by atoms with Crippen LogP contribution in [0.4, 0.5) is 10.1 Å². The van der Waals surface area contributed by atoms with Crippen molar-refractivity contribution >= 4 is 11.6 Å². The van der Waals surface area contributed by atoms with Crippen LogP contribution in [0.1, 0.15) is 18.9 Å². The molecule has 6 heteroatoms. The summed E-state index contributed by atoms with van der Waals surface area (Å²) in [7, 11) is 0. The smallest absolute Gasteiger partial charge is 0.306 e. The molecule has 0 bridgehead atoms. The van der Waals surface area contributed by atoms with E-state index in [1.165, 1.54) is 13.0 Å². The summed E-state index contributed by atoms with van der Waals surface area (Å²) in [5, 5.41) is 13.1. The average Bonchev–Trinajstić information content (AvgIpc) is 2.30. The van der Waals surface area contributed by atoms with Gasteiger partial charge in [0.25, 0.3) is 0 Å². The molecule has 5 nitrogen and oxygen atoms in total. The minimum atomic E-state index is -0.885. The monoisotopic (exact) mass is 250 g/mol. The Hall–Kier alpha value is -2.42. The number of nitro benzene ring substituents is 1. The largest absolute Gasteiger partial charge is 0.355 e. The first-order valence-electron chi connectivity index (χ1n) is 5.18. The summed E-state index contributed by atoms with van der Waals surface area (Å²) >= 11 is 0. The third-order valence-electron chi connectivity index (χ3n) is 2.00. The molecule has 1 amide bonds. The molecule has 1 rings (SSSR count). The number of nitrogens with one attached hydrogen (secondary N) is 1. The Kier molecular flexibility index (Phi) is 4.81. The molecule has 0 aromatic heterocycles. The molecule has 0 fully saturated rings. The van der Waals surface area contributed by atoms with Gasteiger partial charge in [0.15, 0.2) is 0 Å². The van der Waals surface area contributed by atoms with Gasteiger partial charge in [0.2, 0.25) is 11.7 Å². The van der Waals surface area contributed by atoms with E-state index in [1.54, 1.807) is 0 Å². The van der Waals surface area contributed by atoms with Gasteiger partial charge in [-0.15, -0.1) is 0 Å². The van der Waals surface area contributed by atoms with Crippen LogP contribution < -0.4 is 5.32 Å². The summed E-state index contributed by atoms with van der Waals surface area (Å²) in [5.74, 6) is 4.37. The van der Waals surface area contributed by atoms with E-state index in [1.807, 2.05) is 0 Å². The van der Waals surface area contributed by atoms with Crippen molar-refractivity contribution in [3.8, 4) is 11.8 Å². The summed E-state index contributed by atoms with van der Waals surface area (Å²) in [6, 6.07) is 3.46. The van der Waals surface area contributed by atoms with Crippen LogP contribution in [-0.2, 0) is 4.79 Å². The first kappa shape index (κ1) is 13.6. The molecule has 0 saturated heterocycles. The highest BCUT2D eigenvalue weighted by Gasteiger charge is 2.13. The van der Waals surface area contributed by atoms with E-state index >= 15 is 0 Å². The van der Waals surface area contributed by atoms with Crippen LogP contribution in [0.5, 0.6) is 0 Å². The zero-order chi connectivity index (χ0) is 13.5. The lowest BCUT2D eigenvalue weighted by Gasteiger charge is -1.96. The van der Waals surface area contributed by atoms with Gasteiger partial charge in [0.05, 0.1) is 4.92 Å². The van der Waals surface area contributed by atoms with Gasteiger partial charge >= 0.3 is 5.69 Å². The normalized spacial score (nSPS) is 9.22. The molecule has 0 radical (unpaired) electrons. The Morgan fingerprint density at radius 1 is 1.56 bits per heavy atom. The van der Waals surface area contributed by atoms with E-state index in [0.29, 0.717) is 18.5 Å². The van der Waals surface area contributed by atoms with Crippen LogP contribution in [-0.4, -0.2) is 17.4 Å². The number of halogens is 1. The summed E-state index contributed by atoms with van der Waals surface area (Å²) in [4.78, 5) is 20.3. The van der Waals surface area contributed by atoms with E-state index in [0.717, 1.165) is 12.1 Å². The van der Waals surface area contributed by atoms with Gasteiger partial charge in [-0.3, -0.25) is 14.9 Å². The molecule has 0 aliphatic heterocycles. The van der Waals surface area contributed by atoms with Crippen molar-refractivity contribution in [1.29, 1.82) is 0 Å². The number of hydrogen-bond donors (Lipinski definition) is 1. The molecular formula is C12H11FN2O3. The van der Waals surface area contributed by atoms with Crippen molar-refractivity contribution in [3.05, 3.63) is 39.7 Å². The lowest BCUT2D eigenvalue weighted by molar-refractivity contribution is -0.387. The molecule has 0 heterocycles. The second kappa shape index (κ2) is 6.35. The van der Waals surface area contributed by atoms with E-state index in [-0.39, 0.29) is 5.91 Å². The number of carbonyl (C=O) groups is 1. The number of benzene rings is 1. The van der Waals surface area contributed by atoms with E-state index in [4.69, 9.17) is 0 Å². The second-order valence-electron chi connectivity index (χ2n) is 3.46. The van der Waals surface area contributed by atoms with Crippen LogP contribution >= 0.6 is 0 Å². The maximum Gasteiger partial charge on any atom is 0.306 e. The fraction of sp³-hybridized carbons (Fsp3) is 0.250. The molecule has 0 aliphatic carbocycles. The molecule has 94 valence electrons. The van der Waals surface area contributed by atoms with Crippen LogP contribution in [0, 0.1) is 27.8 Å². The summed E-state index contributed by atoms with van der Waals surface area (Å²) < 4.78 is 13.0. The third-order valence-corrected chi connectivity index (χ3v) is 2.00. The molecular weight excluding hydrogens is 239 g/mol. The molecule has 0 spiro atoms. The first-order chi connectivity index (χ1) is 8.50. The van der Waals surface area contributed by atoms with Crippen LogP contribution in [0.2, 0.25) is 0 Å². The molecule has 0 aliphatic rings. The van der Waals surface area contributed by atoms with E-state index < -0.39 is 16.4 Å². The van der Waals surface area contributed by atoms with Gasteiger partial charge in [-0.2, -0.15) is 4.39 Å². The van der Waals surface area contributed by atoms with Gasteiger partial charge < -0.3 is 5.32 Å². The van der Waals surface area contributed by atoms with Gasteiger partial charge in [0, 0.05) is 31.5 Å². The number of nitro groups is 1. The number of nitrogens with zero attached hydrogens (tertiary/aromatic N) is 1. The maximum atomic E-state index is 13.0. The van der Waals surface area contributed by atoms with Crippen molar-refractivity contribution in [1.82, 2.24) is 5.32 Å². The lowest BCUT2D eigenvalue weighted by Crippen LogP contribution is -2.20. The molecule has 0 unspecified atom stereocenters. The minimum Gasteiger partial charge on any atom is -0.355 e. The Labute approximate surface area is 103 Å². The Bertz CT molecular complexity index is 532. The van der Waals surface area contributed by atoms with E-state index in [2.05, 4.69) is 17.2 Å². The maximum absolute atomic E-state index is 13.0. The van der Waals surface area contributed by atoms with Gasteiger partial charge in [0.1, 0.15) is 0 Å². The van der Waals surface area contributed by atoms with Crippen molar-refractivity contribution < 1.29 is 14.1 Å². The summed E-state index contributed by atoms with van der Waals surface area (Å²) in [6.45, 7) is 1.81. The lowest BCUT2D eigenvalue weighted by atomic mass is 10.2. The highest BCUT2D eigenvalue weighted by molar-refractivity contribution is 5.72. The topological polar surface area (TPSA) is 72.2 Å². The fourth-order valence-corrected chi connectivity index (χ4v) is 1.20. The number of amides is 1. The molecule has 1 aromatic carbocycles. The quantitative estimate of drug-likeness (QED) is 0.383. The average molecular weight is 250 g/mol.